The molecular weight excluding hydrogens is 615 g/mol. The maximum atomic E-state index is 6.60. The van der Waals surface area contributed by atoms with E-state index >= 15 is 0 Å². The van der Waals surface area contributed by atoms with Crippen molar-refractivity contribution < 1.29 is 4.74 Å². The van der Waals surface area contributed by atoms with Gasteiger partial charge in [-0.2, -0.15) is 0 Å². The van der Waals surface area contributed by atoms with Gasteiger partial charge in [0, 0.05) is 54.1 Å². The summed E-state index contributed by atoms with van der Waals surface area (Å²) in [6.45, 7) is 1.01. The average Bonchev–Trinajstić information content (AvgIpc) is 3.72. The summed E-state index contributed by atoms with van der Waals surface area (Å²) in [6, 6.07) is 0. The van der Waals surface area contributed by atoms with Crippen LogP contribution in [0, 0.1) is 29.6 Å². The van der Waals surface area contributed by atoms with Gasteiger partial charge in [-0.05, 0) is 93.4 Å². The highest BCUT2D eigenvalue weighted by Crippen LogP contribution is 2.54. The Hall–Kier alpha value is -3.87. The molecule has 6 aliphatic carbocycles. The number of amidine groups is 1. The number of allylic oxidation sites excluding steroid dienone is 16. The second-order valence-corrected chi connectivity index (χ2v) is 15.8. The lowest BCUT2D eigenvalue weighted by Gasteiger charge is -2.50. The topological polar surface area (TPSA) is 60.9 Å². The zero-order valence-corrected chi connectivity index (χ0v) is 29.2. The van der Waals surface area contributed by atoms with Crippen LogP contribution in [0.2, 0.25) is 0 Å². The molecule has 10 rings (SSSR count). The first-order valence-corrected chi connectivity index (χ1v) is 19.7. The number of nitrogens with zero attached hydrogens (tertiary/aromatic N) is 2. The monoisotopic (exact) mass is 665 g/mol. The molecule has 258 valence electrons. The van der Waals surface area contributed by atoms with E-state index in [1.807, 2.05) is 0 Å². The summed E-state index contributed by atoms with van der Waals surface area (Å²) < 4.78 is 6.60. The van der Waals surface area contributed by atoms with Crippen LogP contribution in [0.1, 0.15) is 77.0 Å². The Bertz CT molecular complexity index is 1810. The fraction of sp³-hybridized carbons (Fsp3) is 0.477. The van der Waals surface area contributed by atoms with E-state index in [9.17, 15) is 0 Å². The molecule has 0 aromatic rings. The number of aliphatic imine (C=N–C) groups is 1. The maximum absolute atomic E-state index is 6.60. The van der Waals surface area contributed by atoms with Crippen LogP contribution in [-0.2, 0) is 4.74 Å². The molecule has 3 N–H and O–H groups in total. The van der Waals surface area contributed by atoms with Crippen LogP contribution in [0.5, 0.6) is 0 Å². The van der Waals surface area contributed by atoms with Crippen molar-refractivity contribution in [1.82, 2.24) is 20.9 Å². The molecule has 0 radical (unpaired) electrons. The average molecular weight is 666 g/mol. The number of ether oxygens (including phenoxy) is 1. The van der Waals surface area contributed by atoms with Crippen molar-refractivity contribution in [2.45, 2.75) is 95.5 Å². The lowest BCUT2D eigenvalue weighted by molar-refractivity contribution is 0.0816. The van der Waals surface area contributed by atoms with Gasteiger partial charge in [0.2, 0.25) is 0 Å². The minimum absolute atomic E-state index is 0.0295. The highest BCUT2D eigenvalue weighted by Gasteiger charge is 2.50. The Kier molecular flexibility index (Phi) is 8.06. The van der Waals surface area contributed by atoms with E-state index in [0.29, 0.717) is 29.6 Å². The molecule has 6 heteroatoms. The predicted molar refractivity (Wildman–Crippen MR) is 201 cm³/mol. The summed E-state index contributed by atoms with van der Waals surface area (Å²) in [6.07, 6.45) is 46.7. The van der Waals surface area contributed by atoms with E-state index in [2.05, 4.69) is 106 Å². The minimum Gasteiger partial charge on any atom is -0.465 e. The largest absolute Gasteiger partial charge is 0.465 e. The summed E-state index contributed by atoms with van der Waals surface area (Å²) in [5.74, 6) is 5.44. The van der Waals surface area contributed by atoms with Crippen molar-refractivity contribution in [2.75, 3.05) is 6.54 Å². The summed E-state index contributed by atoms with van der Waals surface area (Å²) in [5, 5.41) is 12.5. The van der Waals surface area contributed by atoms with Gasteiger partial charge in [0.1, 0.15) is 23.5 Å². The first kappa shape index (κ1) is 30.9. The van der Waals surface area contributed by atoms with Gasteiger partial charge in [-0.1, -0.05) is 78.5 Å². The molecule has 0 aromatic heterocycles. The first-order valence-electron chi connectivity index (χ1n) is 19.7. The van der Waals surface area contributed by atoms with Crippen LogP contribution >= 0.6 is 0 Å². The molecule has 8 atom stereocenters. The van der Waals surface area contributed by atoms with Gasteiger partial charge in [-0.3, -0.25) is 10.6 Å². The van der Waals surface area contributed by atoms with Gasteiger partial charge in [-0.15, -0.1) is 0 Å². The fourth-order valence-corrected chi connectivity index (χ4v) is 10.4. The third-order valence-electron chi connectivity index (χ3n) is 12.9. The van der Waals surface area contributed by atoms with Crippen molar-refractivity contribution in [2.24, 2.45) is 34.6 Å². The summed E-state index contributed by atoms with van der Waals surface area (Å²) in [5.41, 5.74) is 8.78. The highest BCUT2D eigenvalue weighted by atomic mass is 16.5. The zero-order valence-electron chi connectivity index (χ0n) is 29.2. The molecule has 1 fully saturated rings. The first-order chi connectivity index (χ1) is 24.8. The van der Waals surface area contributed by atoms with E-state index in [4.69, 9.17) is 9.73 Å². The van der Waals surface area contributed by atoms with Crippen molar-refractivity contribution in [3.63, 3.8) is 0 Å². The van der Waals surface area contributed by atoms with Crippen molar-refractivity contribution in [3.05, 3.63) is 130 Å². The quantitative estimate of drug-likeness (QED) is 0.258. The zero-order chi connectivity index (χ0) is 33.0. The smallest absolute Gasteiger partial charge is 0.128 e. The maximum Gasteiger partial charge on any atom is 0.128 e. The predicted octanol–water partition coefficient (Wildman–Crippen LogP) is 8.26. The lowest BCUT2D eigenvalue weighted by Crippen LogP contribution is -2.67. The SMILES string of the molecule is C1=CCCC(C2CNC(N3C4=CC=CCC4C4=C3CC3C(=C4)OC4=C3C=CCC4)C(C3NC(C4C=CCCC4)=NC(C4=CCCC=C4)N3)C2)=C1. The molecule has 0 amide bonds. The number of hydrogen-bond acceptors (Lipinski definition) is 6. The molecule has 6 nitrogen and oxygen atoms in total. The molecule has 0 bridgehead atoms. The number of piperidine rings is 1. The Labute approximate surface area is 297 Å². The molecule has 4 aliphatic heterocycles. The Balaban J connectivity index is 1.04. The van der Waals surface area contributed by atoms with Crippen LogP contribution in [0.3, 0.4) is 0 Å². The number of rotatable bonds is 5. The second kappa shape index (κ2) is 13.0. The highest BCUT2D eigenvalue weighted by molar-refractivity contribution is 5.87. The van der Waals surface area contributed by atoms with Crippen LogP contribution in [0.4, 0.5) is 0 Å². The van der Waals surface area contributed by atoms with Crippen LogP contribution in [-0.4, -0.2) is 35.8 Å². The normalized spacial score (nSPS) is 37.1. The molecule has 0 saturated carbocycles. The van der Waals surface area contributed by atoms with Crippen molar-refractivity contribution >= 4 is 5.84 Å². The molecule has 1 saturated heterocycles. The number of nitrogens with one attached hydrogen (secondary N) is 3. The van der Waals surface area contributed by atoms with E-state index in [1.165, 1.54) is 71.2 Å². The van der Waals surface area contributed by atoms with Crippen LogP contribution in [0.15, 0.2) is 135 Å². The minimum atomic E-state index is -0.0295. The van der Waals surface area contributed by atoms with Crippen molar-refractivity contribution in [3.8, 4) is 0 Å². The number of hydrogen-bond donors (Lipinski definition) is 3. The van der Waals surface area contributed by atoms with E-state index < -0.39 is 0 Å². The molecule has 50 heavy (non-hydrogen) atoms. The molecule has 8 unspecified atom stereocenters. The molecule has 0 spiro atoms. The van der Waals surface area contributed by atoms with E-state index in [0.717, 1.165) is 57.9 Å². The molecule has 4 heterocycles. The van der Waals surface area contributed by atoms with E-state index in [1.54, 1.807) is 5.57 Å². The fourth-order valence-electron chi connectivity index (χ4n) is 10.4. The van der Waals surface area contributed by atoms with Gasteiger partial charge >= 0.3 is 0 Å². The second-order valence-electron chi connectivity index (χ2n) is 15.8. The van der Waals surface area contributed by atoms with Crippen LogP contribution in [0.25, 0.3) is 0 Å². The van der Waals surface area contributed by atoms with Crippen LogP contribution < -0.4 is 16.0 Å². The van der Waals surface area contributed by atoms with Gasteiger partial charge in [0.05, 0.1) is 18.2 Å². The third kappa shape index (κ3) is 5.41. The van der Waals surface area contributed by atoms with Crippen molar-refractivity contribution in [1.29, 1.82) is 0 Å². The van der Waals surface area contributed by atoms with Gasteiger partial charge in [0.25, 0.3) is 0 Å². The molecule has 10 aliphatic rings. The standard InChI is InChI=1S/C44H51N5O/c1-4-14-28(15-5-1)31-24-36(43-47-41(29-16-6-2-7-17-29)46-42(48-43)30-18-8-3-9-19-30)44(45-27-31)49-37-22-12-10-20-32(37)34-26-40-35(25-38(34)49)33-21-11-13-23-39(33)50-40/h1,4,6,8,10-12,14,16-18,21-22,26,30-32,35-36,41,43-45,47H,2-3,5,7,9,13,15,19-20,23-25,27H2,(H,46,48). The third-order valence-corrected chi connectivity index (χ3v) is 12.9. The Morgan fingerprint density at radius 2 is 1.82 bits per heavy atom. The van der Waals surface area contributed by atoms with Gasteiger partial charge in [0.15, 0.2) is 0 Å². The summed E-state index contributed by atoms with van der Waals surface area (Å²) in [4.78, 5) is 8.20. The molecule has 0 aromatic carbocycles. The van der Waals surface area contributed by atoms with Gasteiger partial charge < -0.3 is 15.0 Å². The molecular formula is C44H51N5O. The lowest BCUT2D eigenvalue weighted by atomic mass is 9.78. The summed E-state index contributed by atoms with van der Waals surface area (Å²) >= 11 is 0. The summed E-state index contributed by atoms with van der Waals surface area (Å²) in [7, 11) is 0. The van der Waals surface area contributed by atoms with Gasteiger partial charge in [-0.25, -0.2) is 4.99 Å². The Morgan fingerprint density at radius 3 is 2.70 bits per heavy atom. The number of fused-ring (bicyclic) bond motifs is 4. The Morgan fingerprint density at radius 1 is 0.880 bits per heavy atom. The van der Waals surface area contributed by atoms with E-state index in [-0.39, 0.29) is 18.5 Å².